The minimum atomic E-state index is 0.657. The molecule has 0 fully saturated rings. The maximum Gasteiger partial charge on any atom is 0.164 e. The molecule has 3 aromatic heterocycles. The Balaban J connectivity index is 1.23. The van der Waals surface area contributed by atoms with Crippen LogP contribution in [0.2, 0.25) is 0 Å². The van der Waals surface area contributed by atoms with Gasteiger partial charge in [-0.1, -0.05) is 205 Å². The minimum Gasteiger partial charge on any atom is -0.324 e. The number of hydrogen-bond acceptors (Lipinski definition) is 6. The second-order valence-corrected chi connectivity index (χ2v) is 21.1. The number of aromatic amines is 2. The van der Waals surface area contributed by atoms with Gasteiger partial charge in [0.25, 0.3) is 0 Å². The first-order valence-electron chi connectivity index (χ1n) is 28.9. The van der Waals surface area contributed by atoms with Crippen molar-refractivity contribution in [1.29, 1.82) is 0 Å². The summed E-state index contributed by atoms with van der Waals surface area (Å²) in [6.45, 7) is 9.19. The monoisotopic (exact) mass is 963 g/mol. The third-order valence-electron chi connectivity index (χ3n) is 15.5. The standard InChI is InChI=1S/C64H82N8/c1-5-9-13-17-21-25-33-45-41-53-54(42-46(45)34-26-22-18-14-10-6-2)62-68-58-51-39-31-32-40-52(51)60(66-58)70-64-56-44-48(36-28-24-20-16-12-8-4)47(35-27-23-19-15-11-7-3)43-55(56)63(72-64)69-59-50-38-30-29-37-49(50)57(65-59)67-61(53)71-62/h29-32,37-44H,5-28,33-36H2,1-4H3,(H2,65,66,67,68,69,70,71,72). The summed E-state index contributed by atoms with van der Waals surface area (Å²) in [6.07, 6.45) is 34.9. The lowest BCUT2D eigenvalue weighted by molar-refractivity contribution is 0.599. The largest absolute Gasteiger partial charge is 0.324 e. The fraction of sp³-hybridized carbons (Fsp3) is 0.500. The third-order valence-corrected chi connectivity index (χ3v) is 15.5. The predicted molar refractivity (Wildman–Crippen MR) is 304 cm³/mol. The zero-order valence-corrected chi connectivity index (χ0v) is 44.4. The molecule has 8 bridgehead atoms. The van der Waals surface area contributed by atoms with Gasteiger partial charge in [0, 0.05) is 43.8 Å². The van der Waals surface area contributed by atoms with E-state index in [0.29, 0.717) is 23.3 Å². The lowest BCUT2D eigenvalue weighted by Gasteiger charge is -2.11. The van der Waals surface area contributed by atoms with Crippen LogP contribution in [-0.4, -0.2) is 39.9 Å². The van der Waals surface area contributed by atoms with E-state index in [9.17, 15) is 0 Å². The average molecular weight is 963 g/mol. The number of aromatic nitrogens is 8. The van der Waals surface area contributed by atoms with Crippen molar-refractivity contribution in [2.45, 2.75) is 207 Å². The number of fused-ring (bicyclic) bond motifs is 20. The number of H-pyrrole nitrogens is 2. The van der Waals surface area contributed by atoms with E-state index in [2.05, 4.69) is 110 Å². The molecule has 8 nitrogen and oxygen atoms in total. The van der Waals surface area contributed by atoms with Gasteiger partial charge < -0.3 is 9.97 Å². The highest BCUT2D eigenvalue weighted by Crippen LogP contribution is 2.38. The molecular weight excluding hydrogens is 881 g/mol. The lowest BCUT2D eigenvalue weighted by Crippen LogP contribution is -1.96. The van der Waals surface area contributed by atoms with E-state index in [1.807, 2.05) is 0 Å². The summed E-state index contributed by atoms with van der Waals surface area (Å²) in [4.78, 5) is 39.9. The number of hydrogen-bond donors (Lipinski definition) is 2. The van der Waals surface area contributed by atoms with E-state index in [0.717, 1.165) is 92.1 Å². The summed E-state index contributed by atoms with van der Waals surface area (Å²) >= 11 is 0. The van der Waals surface area contributed by atoms with Crippen molar-refractivity contribution in [3.8, 4) is 45.6 Å². The summed E-state index contributed by atoms with van der Waals surface area (Å²) in [5, 5.41) is 4.30. The van der Waals surface area contributed by atoms with Gasteiger partial charge in [-0.15, -0.1) is 0 Å². The lowest BCUT2D eigenvalue weighted by atomic mass is 9.94. The van der Waals surface area contributed by atoms with Crippen molar-refractivity contribution in [3.05, 3.63) is 95.1 Å². The topological polar surface area (TPSA) is 109 Å². The predicted octanol–water partition coefficient (Wildman–Crippen LogP) is 18.5. The van der Waals surface area contributed by atoms with Crippen LogP contribution in [-0.2, 0) is 25.7 Å². The van der Waals surface area contributed by atoms with Gasteiger partial charge in [-0.05, 0) is 97.9 Å². The Morgan fingerprint density at radius 2 is 0.500 bits per heavy atom. The normalized spacial score (nSPS) is 12.1. The van der Waals surface area contributed by atoms with Gasteiger partial charge >= 0.3 is 0 Å². The third kappa shape index (κ3) is 12.3. The summed E-state index contributed by atoms with van der Waals surface area (Å²) in [5.74, 6) is 2.63. The fourth-order valence-electron chi connectivity index (χ4n) is 11.3. The molecule has 7 aromatic rings. The van der Waals surface area contributed by atoms with E-state index < -0.39 is 0 Å². The highest BCUT2D eigenvalue weighted by atomic mass is 15.1. The van der Waals surface area contributed by atoms with Crippen LogP contribution < -0.4 is 0 Å². The zero-order chi connectivity index (χ0) is 49.5. The Bertz CT molecular complexity index is 2670. The molecule has 2 aliphatic heterocycles. The second-order valence-electron chi connectivity index (χ2n) is 21.1. The summed E-state index contributed by atoms with van der Waals surface area (Å²) in [6, 6.07) is 26.6. The quantitative estimate of drug-likeness (QED) is 0.0473. The summed E-state index contributed by atoms with van der Waals surface area (Å²) in [7, 11) is 0. The van der Waals surface area contributed by atoms with Gasteiger partial charge in [0.15, 0.2) is 23.3 Å². The molecule has 8 heteroatoms. The van der Waals surface area contributed by atoms with Gasteiger partial charge in [0.2, 0.25) is 0 Å². The molecule has 0 saturated carbocycles. The van der Waals surface area contributed by atoms with E-state index >= 15 is 0 Å². The number of aryl methyl sites for hydroxylation is 4. The minimum absolute atomic E-state index is 0.657. The molecule has 9 rings (SSSR count). The molecule has 0 amide bonds. The number of nitrogens with zero attached hydrogens (tertiary/aromatic N) is 6. The number of benzene rings is 4. The van der Waals surface area contributed by atoms with Crippen LogP contribution in [0.4, 0.5) is 0 Å². The van der Waals surface area contributed by atoms with Crippen molar-refractivity contribution in [2.24, 2.45) is 0 Å². The van der Waals surface area contributed by atoms with Crippen LogP contribution in [0.25, 0.3) is 89.7 Å². The molecule has 5 heterocycles. The van der Waals surface area contributed by atoms with Crippen LogP contribution in [0.5, 0.6) is 0 Å². The van der Waals surface area contributed by atoms with E-state index in [1.165, 1.54) is 176 Å². The Morgan fingerprint density at radius 3 is 0.736 bits per heavy atom. The summed E-state index contributed by atoms with van der Waals surface area (Å²) in [5.41, 5.74) is 12.8. The van der Waals surface area contributed by atoms with Crippen molar-refractivity contribution in [2.75, 3.05) is 0 Å². The molecule has 4 aromatic carbocycles. The van der Waals surface area contributed by atoms with Crippen LogP contribution >= 0.6 is 0 Å². The second kappa shape index (κ2) is 25.8. The first kappa shape index (κ1) is 51.2. The molecule has 72 heavy (non-hydrogen) atoms. The maximum atomic E-state index is 5.46. The zero-order valence-electron chi connectivity index (χ0n) is 44.4. The molecule has 0 radical (unpaired) electrons. The van der Waals surface area contributed by atoms with Crippen molar-refractivity contribution in [3.63, 3.8) is 0 Å². The van der Waals surface area contributed by atoms with E-state index in [4.69, 9.17) is 29.9 Å². The molecule has 2 N–H and O–H groups in total. The maximum absolute atomic E-state index is 5.46. The molecule has 0 aliphatic carbocycles. The van der Waals surface area contributed by atoms with E-state index in [1.54, 1.807) is 0 Å². The van der Waals surface area contributed by atoms with Crippen molar-refractivity contribution in [1.82, 2.24) is 39.9 Å². The number of nitrogens with one attached hydrogen (secondary N) is 2. The van der Waals surface area contributed by atoms with Gasteiger partial charge in [-0.3, -0.25) is 0 Å². The van der Waals surface area contributed by atoms with Gasteiger partial charge in [0.05, 0.1) is 0 Å². The Morgan fingerprint density at radius 1 is 0.278 bits per heavy atom. The van der Waals surface area contributed by atoms with Crippen LogP contribution in [0.1, 0.15) is 204 Å². The molecule has 0 unspecified atom stereocenters. The Hall–Kier alpha value is -5.76. The van der Waals surface area contributed by atoms with Gasteiger partial charge in [-0.25, -0.2) is 29.9 Å². The highest BCUT2D eigenvalue weighted by molar-refractivity contribution is 6.07. The summed E-state index contributed by atoms with van der Waals surface area (Å²) < 4.78 is 0. The Kier molecular flexibility index (Phi) is 18.3. The van der Waals surface area contributed by atoms with Gasteiger partial charge in [-0.2, -0.15) is 0 Å². The van der Waals surface area contributed by atoms with Crippen molar-refractivity contribution >= 4 is 44.1 Å². The van der Waals surface area contributed by atoms with Crippen LogP contribution in [0, 0.1) is 0 Å². The molecule has 0 atom stereocenters. The molecule has 0 spiro atoms. The molecule has 0 saturated heterocycles. The number of unbranched alkanes of at least 4 members (excludes halogenated alkanes) is 20. The smallest absolute Gasteiger partial charge is 0.164 e. The average Bonchev–Trinajstić information content (AvgIpc) is 4.13. The van der Waals surface area contributed by atoms with Gasteiger partial charge in [0.1, 0.15) is 22.6 Å². The first-order chi connectivity index (χ1) is 35.6. The molecular formula is C64H82N8. The SMILES string of the molecule is CCCCCCCCc1cc2c3nc4nc(nc5[nH]c(nc6nc(nc([nH]3)c2cc1CCCCCCCC)-c1ccccc1-6)c1cc(CCCCCCCC)c(CCCCCCCC)cc51)-c1ccccc1-4. The Labute approximate surface area is 430 Å². The number of rotatable bonds is 28. The highest BCUT2D eigenvalue weighted by Gasteiger charge is 2.23. The van der Waals surface area contributed by atoms with Crippen LogP contribution in [0.3, 0.4) is 0 Å². The molecule has 2 aliphatic rings. The fourth-order valence-corrected chi connectivity index (χ4v) is 11.3. The van der Waals surface area contributed by atoms with Crippen molar-refractivity contribution < 1.29 is 0 Å². The first-order valence-corrected chi connectivity index (χ1v) is 28.9. The molecule has 378 valence electrons. The van der Waals surface area contributed by atoms with E-state index in [-0.39, 0.29) is 0 Å². The van der Waals surface area contributed by atoms with Crippen LogP contribution in [0.15, 0.2) is 72.8 Å².